The molecule has 1 fully saturated rings. The third-order valence-electron chi connectivity index (χ3n) is 3.67. The molecular formula is C15H20FNO2. The molecule has 1 unspecified atom stereocenters. The molecule has 0 saturated carbocycles. The van der Waals surface area contributed by atoms with E-state index in [-0.39, 0.29) is 17.7 Å². The summed E-state index contributed by atoms with van der Waals surface area (Å²) in [4.78, 5) is 13.9. The molecule has 2 rings (SSSR count). The van der Waals surface area contributed by atoms with Gasteiger partial charge in [-0.05, 0) is 30.9 Å². The largest absolute Gasteiger partial charge is 0.494 e. The maximum absolute atomic E-state index is 13.8. The molecule has 1 aliphatic heterocycles. The lowest BCUT2D eigenvalue weighted by molar-refractivity contribution is -0.120. The molecule has 0 radical (unpaired) electrons. The fraction of sp³-hybridized carbons (Fsp3) is 0.533. The molecule has 0 aromatic heterocycles. The quantitative estimate of drug-likeness (QED) is 0.838. The Bertz CT molecular complexity index is 473. The Morgan fingerprint density at radius 2 is 2.16 bits per heavy atom. The van der Waals surface area contributed by atoms with Gasteiger partial charge in [0.1, 0.15) is 0 Å². The number of piperidine rings is 1. The molecule has 1 amide bonds. The average molecular weight is 265 g/mol. The van der Waals surface area contributed by atoms with Crippen molar-refractivity contribution in [3.8, 4) is 5.75 Å². The summed E-state index contributed by atoms with van der Waals surface area (Å²) in [6.45, 7) is 4.19. The molecule has 1 heterocycles. The number of carbonyl (C=O) groups is 1. The van der Waals surface area contributed by atoms with E-state index in [1.54, 1.807) is 17.0 Å². The van der Waals surface area contributed by atoms with E-state index in [4.69, 9.17) is 4.74 Å². The number of anilines is 1. The molecular weight excluding hydrogens is 245 g/mol. The van der Waals surface area contributed by atoms with Crippen LogP contribution < -0.4 is 9.64 Å². The minimum Gasteiger partial charge on any atom is -0.494 e. The molecule has 1 aromatic rings. The highest BCUT2D eigenvalue weighted by Crippen LogP contribution is 2.32. The third kappa shape index (κ3) is 2.72. The number of methoxy groups -OCH3 is 1. The van der Waals surface area contributed by atoms with Gasteiger partial charge in [0.25, 0.3) is 0 Å². The Hall–Kier alpha value is -1.58. The van der Waals surface area contributed by atoms with Gasteiger partial charge in [-0.15, -0.1) is 0 Å². The summed E-state index contributed by atoms with van der Waals surface area (Å²) >= 11 is 0. The molecule has 0 spiro atoms. The van der Waals surface area contributed by atoms with Crippen molar-refractivity contribution in [1.29, 1.82) is 0 Å². The lowest BCUT2D eigenvalue weighted by atomic mass is 9.92. The van der Waals surface area contributed by atoms with Crippen LogP contribution in [-0.4, -0.2) is 19.1 Å². The smallest absolute Gasteiger partial charge is 0.227 e. The van der Waals surface area contributed by atoms with Gasteiger partial charge in [-0.25, -0.2) is 4.39 Å². The number of rotatable bonds is 3. The fourth-order valence-electron chi connectivity index (χ4n) is 2.67. The maximum Gasteiger partial charge on any atom is 0.227 e. The van der Waals surface area contributed by atoms with Crippen LogP contribution in [0.1, 0.15) is 33.1 Å². The van der Waals surface area contributed by atoms with Crippen LogP contribution in [0, 0.1) is 11.7 Å². The van der Waals surface area contributed by atoms with Crippen molar-refractivity contribution in [2.24, 2.45) is 5.92 Å². The Morgan fingerprint density at radius 3 is 2.74 bits per heavy atom. The molecule has 1 atom stereocenters. The van der Waals surface area contributed by atoms with Gasteiger partial charge in [-0.3, -0.25) is 4.79 Å². The molecule has 1 saturated heterocycles. The zero-order valence-corrected chi connectivity index (χ0v) is 11.6. The van der Waals surface area contributed by atoms with Crippen LogP contribution in [0.4, 0.5) is 10.1 Å². The second-order valence-corrected chi connectivity index (χ2v) is 5.29. The molecule has 19 heavy (non-hydrogen) atoms. The van der Waals surface area contributed by atoms with Crippen LogP contribution in [0.15, 0.2) is 18.2 Å². The first kappa shape index (κ1) is 13.8. The van der Waals surface area contributed by atoms with Crippen LogP contribution in [-0.2, 0) is 4.79 Å². The summed E-state index contributed by atoms with van der Waals surface area (Å²) < 4.78 is 18.7. The molecule has 0 N–H and O–H groups in total. The summed E-state index contributed by atoms with van der Waals surface area (Å²) in [5.74, 6) is 0.208. The molecule has 3 nitrogen and oxygen atoms in total. The van der Waals surface area contributed by atoms with E-state index in [9.17, 15) is 9.18 Å². The van der Waals surface area contributed by atoms with Crippen molar-refractivity contribution in [1.82, 2.24) is 0 Å². The van der Waals surface area contributed by atoms with E-state index in [2.05, 4.69) is 13.8 Å². The lowest BCUT2D eigenvalue weighted by Crippen LogP contribution is -2.46. The van der Waals surface area contributed by atoms with Crippen molar-refractivity contribution in [3.63, 3.8) is 0 Å². The predicted octanol–water partition coefficient (Wildman–Crippen LogP) is 3.38. The van der Waals surface area contributed by atoms with Crippen LogP contribution in [0.5, 0.6) is 5.75 Å². The summed E-state index contributed by atoms with van der Waals surface area (Å²) in [6.07, 6.45) is 2.42. The Balaban J connectivity index is 2.36. The van der Waals surface area contributed by atoms with Crippen LogP contribution in [0.3, 0.4) is 0 Å². The van der Waals surface area contributed by atoms with Crippen molar-refractivity contribution >= 4 is 11.6 Å². The van der Waals surface area contributed by atoms with Crippen molar-refractivity contribution in [3.05, 3.63) is 24.0 Å². The van der Waals surface area contributed by atoms with E-state index < -0.39 is 5.82 Å². The van der Waals surface area contributed by atoms with E-state index >= 15 is 0 Å². The van der Waals surface area contributed by atoms with Crippen molar-refractivity contribution < 1.29 is 13.9 Å². The number of nitrogens with zero attached hydrogens (tertiary/aromatic N) is 1. The highest BCUT2D eigenvalue weighted by atomic mass is 19.1. The predicted molar refractivity (Wildman–Crippen MR) is 72.9 cm³/mol. The van der Waals surface area contributed by atoms with E-state index in [1.165, 1.54) is 13.2 Å². The molecule has 1 aliphatic rings. The second-order valence-electron chi connectivity index (χ2n) is 5.29. The van der Waals surface area contributed by atoms with Crippen molar-refractivity contribution in [2.75, 3.05) is 12.0 Å². The van der Waals surface area contributed by atoms with Gasteiger partial charge in [0.15, 0.2) is 11.6 Å². The topological polar surface area (TPSA) is 29.5 Å². The molecule has 104 valence electrons. The van der Waals surface area contributed by atoms with E-state index in [0.29, 0.717) is 18.0 Å². The minimum atomic E-state index is -0.430. The number of carbonyl (C=O) groups excluding carboxylic acids is 1. The normalized spacial score (nSPS) is 19.9. The zero-order chi connectivity index (χ0) is 14.0. The van der Waals surface area contributed by atoms with Crippen LogP contribution >= 0.6 is 0 Å². The maximum atomic E-state index is 13.8. The molecule has 0 aliphatic carbocycles. The second kappa shape index (κ2) is 5.59. The van der Waals surface area contributed by atoms with Crippen LogP contribution in [0.2, 0.25) is 0 Å². The molecule has 1 aromatic carbocycles. The number of ether oxygens (including phenoxy) is 1. The van der Waals surface area contributed by atoms with Gasteiger partial charge in [0.2, 0.25) is 5.91 Å². The van der Waals surface area contributed by atoms with Crippen LogP contribution in [0.25, 0.3) is 0 Å². The SMILES string of the molecule is COc1ccc(N2C(=O)CCCC2C(C)C)cc1F. The van der Waals surface area contributed by atoms with E-state index in [0.717, 1.165) is 12.8 Å². The summed E-state index contributed by atoms with van der Waals surface area (Å²) in [5.41, 5.74) is 0.627. The van der Waals surface area contributed by atoms with Crippen molar-refractivity contribution in [2.45, 2.75) is 39.2 Å². The summed E-state index contributed by atoms with van der Waals surface area (Å²) in [5, 5.41) is 0. The third-order valence-corrected chi connectivity index (χ3v) is 3.67. The number of amides is 1. The fourth-order valence-corrected chi connectivity index (χ4v) is 2.67. The Labute approximate surface area is 113 Å². The first-order valence-electron chi connectivity index (χ1n) is 6.70. The number of hydrogen-bond acceptors (Lipinski definition) is 2. The monoisotopic (exact) mass is 265 g/mol. The summed E-state index contributed by atoms with van der Waals surface area (Å²) in [7, 11) is 1.43. The molecule has 0 bridgehead atoms. The number of hydrogen-bond donors (Lipinski definition) is 0. The van der Waals surface area contributed by atoms with Gasteiger partial charge >= 0.3 is 0 Å². The van der Waals surface area contributed by atoms with Gasteiger partial charge < -0.3 is 9.64 Å². The highest BCUT2D eigenvalue weighted by molar-refractivity contribution is 5.94. The van der Waals surface area contributed by atoms with Gasteiger partial charge in [0, 0.05) is 24.2 Å². The Morgan fingerprint density at radius 1 is 1.42 bits per heavy atom. The van der Waals surface area contributed by atoms with Gasteiger partial charge in [-0.2, -0.15) is 0 Å². The Kier molecular flexibility index (Phi) is 4.08. The first-order valence-corrected chi connectivity index (χ1v) is 6.70. The molecule has 4 heteroatoms. The standard InChI is InChI=1S/C15H20FNO2/c1-10(2)13-5-4-6-15(18)17(13)11-7-8-14(19-3)12(16)9-11/h7-10,13H,4-6H2,1-3H3. The van der Waals surface area contributed by atoms with E-state index in [1.807, 2.05) is 0 Å². The first-order chi connectivity index (χ1) is 9.04. The average Bonchev–Trinajstić information content (AvgIpc) is 2.38. The lowest BCUT2D eigenvalue weighted by Gasteiger charge is -2.38. The van der Waals surface area contributed by atoms with Gasteiger partial charge in [0.05, 0.1) is 7.11 Å². The minimum absolute atomic E-state index is 0.0783. The number of halogens is 1. The summed E-state index contributed by atoms with van der Waals surface area (Å²) in [6, 6.07) is 4.86. The van der Waals surface area contributed by atoms with Gasteiger partial charge in [-0.1, -0.05) is 13.8 Å². The zero-order valence-electron chi connectivity index (χ0n) is 11.6. The number of benzene rings is 1. The highest BCUT2D eigenvalue weighted by Gasteiger charge is 2.31.